The molecule has 1 aromatic heterocycles. The molecule has 3 aromatic rings. The van der Waals surface area contributed by atoms with Gasteiger partial charge in [-0.3, -0.25) is 0 Å². The highest BCUT2D eigenvalue weighted by Gasteiger charge is 2.11. The van der Waals surface area contributed by atoms with Crippen LogP contribution >= 0.6 is 0 Å². The summed E-state index contributed by atoms with van der Waals surface area (Å²) in [5.41, 5.74) is 5.09. The van der Waals surface area contributed by atoms with Crippen molar-refractivity contribution in [1.82, 2.24) is 0 Å². The van der Waals surface area contributed by atoms with Gasteiger partial charge in [-0.15, -0.1) is 0 Å². The summed E-state index contributed by atoms with van der Waals surface area (Å²) in [4.78, 5) is 0. The highest BCUT2D eigenvalue weighted by molar-refractivity contribution is 5.66. The van der Waals surface area contributed by atoms with Crippen LogP contribution in [0, 0.1) is 13.8 Å². The van der Waals surface area contributed by atoms with E-state index >= 15 is 0 Å². The summed E-state index contributed by atoms with van der Waals surface area (Å²) in [5.74, 6) is 2.06. The van der Waals surface area contributed by atoms with Crippen LogP contribution in [-0.2, 0) is 12.8 Å². The zero-order valence-corrected chi connectivity index (χ0v) is 12.6. The van der Waals surface area contributed by atoms with Crippen LogP contribution in [0.2, 0.25) is 0 Å². The summed E-state index contributed by atoms with van der Waals surface area (Å²) < 4.78 is 5.92. The SMILES string of the molecule is Cc1ccc(-c2cc(C)oc2CCc2ccccc2)cc1. The van der Waals surface area contributed by atoms with E-state index in [0.29, 0.717) is 0 Å². The van der Waals surface area contributed by atoms with E-state index in [1.807, 2.05) is 6.92 Å². The average molecular weight is 276 g/mol. The third-order valence-electron chi connectivity index (χ3n) is 3.78. The Balaban J connectivity index is 1.84. The molecule has 1 heterocycles. The first-order chi connectivity index (χ1) is 10.2. The highest BCUT2D eigenvalue weighted by Crippen LogP contribution is 2.28. The normalized spacial score (nSPS) is 10.8. The van der Waals surface area contributed by atoms with Gasteiger partial charge in [0.25, 0.3) is 0 Å². The van der Waals surface area contributed by atoms with Gasteiger partial charge in [0.1, 0.15) is 11.5 Å². The first kappa shape index (κ1) is 13.7. The number of hydrogen-bond acceptors (Lipinski definition) is 1. The molecule has 0 aliphatic heterocycles. The molecule has 0 radical (unpaired) electrons. The van der Waals surface area contributed by atoms with Crippen molar-refractivity contribution in [2.75, 3.05) is 0 Å². The average Bonchev–Trinajstić information content (AvgIpc) is 2.88. The molecular weight excluding hydrogens is 256 g/mol. The molecule has 1 nitrogen and oxygen atoms in total. The smallest absolute Gasteiger partial charge is 0.112 e. The molecule has 3 rings (SSSR count). The van der Waals surface area contributed by atoms with E-state index in [1.54, 1.807) is 0 Å². The molecule has 0 aliphatic carbocycles. The Labute approximate surface area is 126 Å². The maximum absolute atomic E-state index is 5.92. The second-order valence-corrected chi connectivity index (χ2v) is 5.55. The van der Waals surface area contributed by atoms with Crippen molar-refractivity contribution in [3.05, 3.63) is 83.3 Å². The van der Waals surface area contributed by atoms with E-state index in [-0.39, 0.29) is 0 Å². The number of aryl methyl sites for hydroxylation is 4. The molecule has 0 atom stereocenters. The fourth-order valence-corrected chi connectivity index (χ4v) is 2.63. The summed E-state index contributed by atoms with van der Waals surface area (Å²) in [6, 6.07) is 21.4. The Kier molecular flexibility index (Phi) is 3.92. The predicted octanol–water partition coefficient (Wildman–Crippen LogP) is 5.35. The third-order valence-corrected chi connectivity index (χ3v) is 3.78. The molecule has 106 valence electrons. The monoisotopic (exact) mass is 276 g/mol. The molecule has 2 aromatic carbocycles. The largest absolute Gasteiger partial charge is 0.466 e. The zero-order valence-electron chi connectivity index (χ0n) is 12.6. The Morgan fingerprint density at radius 1 is 0.810 bits per heavy atom. The van der Waals surface area contributed by atoms with E-state index in [0.717, 1.165) is 24.4 Å². The van der Waals surface area contributed by atoms with E-state index in [9.17, 15) is 0 Å². The van der Waals surface area contributed by atoms with Crippen molar-refractivity contribution in [3.63, 3.8) is 0 Å². The number of benzene rings is 2. The van der Waals surface area contributed by atoms with Crippen molar-refractivity contribution < 1.29 is 4.42 Å². The number of furan rings is 1. The second kappa shape index (κ2) is 6.01. The van der Waals surface area contributed by atoms with Crippen molar-refractivity contribution in [1.29, 1.82) is 0 Å². The van der Waals surface area contributed by atoms with Crippen LogP contribution in [0.4, 0.5) is 0 Å². The maximum atomic E-state index is 5.92. The molecule has 1 heteroatoms. The van der Waals surface area contributed by atoms with Crippen molar-refractivity contribution in [3.8, 4) is 11.1 Å². The van der Waals surface area contributed by atoms with E-state index in [2.05, 4.69) is 67.6 Å². The molecule has 0 unspecified atom stereocenters. The first-order valence-corrected chi connectivity index (χ1v) is 7.42. The molecule has 0 saturated carbocycles. The van der Waals surface area contributed by atoms with Crippen molar-refractivity contribution >= 4 is 0 Å². The van der Waals surface area contributed by atoms with Gasteiger partial charge in [0.2, 0.25) is 0 Å². The minimum absolute atomic E-state index is 0.932. The third kappa shape index (κ3) is 3.25. The minimum Gasteiger partial charge on any atom is -0.466 e. The number of hydrogen-bond donors (Lipinski definition) is 0. The van der Waals surface area contributed by atoms with E-state index in [4.69, 9.17) is 4.42 Å². The molecule has 21 heavy (non-hydrogen) atoms. The van der Waals surface area contributed by atoms with Crippen LogP contribution in [0.1, 0.15) is 22.6 Å². The van der Waals surface area contributed by atoms with Gasteiger partial charge in [-0.25, -0.2) is 0 Å². The van der Waals surface area contributed by atoms with Crippen LogP contribution in [-0.4, -0.2) is 0 Å². The molecule has 0 fully saturated rings. The summed E-state index contributed by atoms with van der Waals surface area (Å²) in [7, 11) is 0. The minimum atomic E-state index is 0.932. The molecule has 0 bridgehead atoms. The lowest BCUT2D eigenvalue weighted by Crippen LogP contribution is -1.91. The van der Waals surface area contributed by atoms with Crippen LogP contribution in [0.3, 0.4) is 0 Å². The molecule has 0 aliphatic rings. The Hall–Kier alpha value is -2.28. The van der Waals surface area contributed by atoms with E-state index < -0.39 is 0 Å². The van der Waals surface area contributed by atoms with Gasteiger partial charge in [0.05, 0.1) is 0 Å². The van der Waals surface area contributed by atoms with Crippen LogP contribution in [0.25, 0.3) is 11.1 Å². The molecule has 0 amide bonds. The fraction of sp³-hybridized carbons (Fsp3) is 0.200. The fourth-order valence-electron chi connectivity index (χ4n) is 2.63. The van der Waals surface area contributed by atoms with Crippen molar-refractivity contribution in [2.24, 2.45) is 0 Å². The van der Waals surface area contributed by atoms with Gasteiger partial charge in [-0.1, -0.05) is 60.2 Å². The first-order valence-electron chi connectivity index (χ1n) is 7.42. The standard InChI is InChI=1S/C20H20O/c1-15-8-11-18(12-9-15)19-14-16(2)21-20(19)13-10-17-6-4-3-5-7-17/h3-9,11-12,14H,10,13H2,1-2H3. The Morgan fingerprint density at radius 2 is 1.52 bits per heavy atom. The van der Waals surface area contributed by atoms with Crippen molar-refractivity contribution in [2.45, 2.75) is 26.7 Å². The van der Waals surface area contributed by atoms with Gasteiger partial charge in [-0.2, -0.15) is 0 Å². The summed E-state index contributed by atoms with van der Waals surface area (Å²) in [6.45, 7) is 4.13. The van der Waals surface area contributed by atoms with Crippen LogP contribution in [0.5, 0.6) is 0 Å². The van der Waals surface area contributed by atoms with Gasteiger partial charge < -0.3 is 4.42 Å². The quantitative estimate of drug-likeness (QED) is 0.626. The van der Waals surface area contributed by atoms with E-state index in [1.165, 1.54) is 22.3 Å². The Morgan fingerprint density at radius 3 is 2.24 bits per heavy atom. The lowest BCUT2D eigenvalue weighted by atomic mass is 10.0. The summed E-state index contributed by atoms with van der Waals surface area (Å²) >= 11 is 0. The zero-order chi connectivity index (χ0) is 14.7. The lowest BCUT2D eigenvalue weighted by molar-refractivity contribution is 0.483. The lowest BCUT2D eigenvalue weighted by Gasteiger charge is -2.04. The molecule has 0 N–H and O–H groups in total. The van der Waals surface area contributed by atoms with Gasteiger partial charge >= 0.3 is 0 Å². The summed E-state index contributed by atoms with van der Waals surface area (Å²) in [5, 5.41) is 0. The van der Waals surface area contributed by atoms with Crippen LogP contribution < -0.4 is 0 Å². The Bertz CT molecular complexity index is 705. The summed E-state index contributed by atoms with van der Waals surface area (Å²) in [6.07, 6.45) is 1.94. The number of rotatable bonds is 4. The molecule has 0 spiro atoms. The van der Waals surface area contributed by atoms with Gasteiger partial charge in [0, 0.05) is 12.0 Å². The predicted molar refractivity (Wildman–Crippen MR) is 87.5 cm³/mol. The highest BCUT2D eigenvalue weighted by atomic mass is 16.3. The molecular formula is C20H20O. The maximum Gasteiger partial charge on any atom is 0.112 e. The van der Waals surface area contributed by atoms with Gasteiger partial charge in [-0.05, 0) is 37.5 Å². The second-order valence-electron chi connectivity index (χ2n) is 5.55. The van der Waals surface area contributed by atoms with Gasteiger partial charge in [0.15, 0.2) is 0 Å². The molecule has 0 saturated heterocycles. The van der Waals surface area contributed by atoms with Crippen LogP contribution in [0.15, 0.2) is 65.1 Å². The topological polar surface area (TPSA) is 13.1 Å².